The molecule has 0 spiro atoms. The Hall–Kier alpha value is -2.24. The Morgan fingerprint density at radius 2 is 2.03 bits per heavy atom. The van der Waals surface area contributed by atoms with Crippen molar-refractivity contribution in [2.75, 3.05) is 6.61 Å². The average molecular weight is 475 g/mol. The number of hydrogen-bond donors (Lipinski definition) is 1. The van der Waals surface area contributed by atoms with Gasteiger partial charge in [0.15, 0.2) is 11.5 Å². The number of rotatable bonds is 8. The van der Waals surface area contributed by atoms with Crippen molar-refractivity contribution >= 4 is 35.3 Å². The Balaban J connectivity index is 1.38. The standard InChI is InChI=1S/C25H28Cl2N2O3/c1-3-31-22-12-16(7-10-21(22)32-15-17-8-9-18(26)13-20(17)27)14-28-29-24(30)23-19-6-4-5-11-25(19,23)2/h7-10,12-14,19,23H,3-6,11,15H2,1-2H3,(H,29,30). The topological polar surface area (TPSA) is 59.9 Å². The largest absolute Gasteiger partial charge is 0.490 e. The maximum absolute atomic E-state index is 12.6. The molecule has 2 saturated carbocycles. The van der Waals surface area contributed by atoms with E-state index in [2.05, 4.69) is 17.5 Å². The van der Waals surface area contributed by atoms with Gasteiger partial charge >= 0.3 is 0 Å². The molecule has 1 N–H and O–H groups in total. The molecule has 2 aromatic carbocycles. The number of amides is 1. The summed E-state index contributed by atoms with van der Waals surface area (Å²) < 4.78 is 11.7. The summed E-state index contributed by atoms with van der Waals surface area (Å²) >= 11 is 12.2. The number of ether oxygens (including phenoxy) is 2. The number of halogens is 2. The molecule has 3 atom stereocenters. The van der Waals surface area contributed by atoms with Crippen LogP contribution in [0.25, 0.3) is 0 Å². The summed E-state index contributed by atoms with van der Waals surface area (Å²) in [6.45, 7) is 4.93. The maximum atomic E-state index is 12.6. The SMILES string of the molecule is CCOc1cc(C=NNC(=O)C2C3CCCCC32C)ccc1OCc1ccc(Cl)cc1Cl. The highest BCUT2D eigenvalue weighted by Crippen LogP contribution is 2.66. The number of nitrogens with one attached hydrogen (secondary N) is 1. The molecule has 170 valence electrons. The van der Waals surface area contributed by atoms with Gasteiger partial charge in [0.2, 0.25) is 5.91 Å². The average Bonchev–Trinajstić information content (AvgIpc) is 3.40. The molecule has 4 rings (SSSR count). The van der Waals surface area contributed by atoms with E-state index in [1.54, 1.807) is 18.3 Å². The van der Waals surface area contributed by atoms with Gasteiger partial charge in [-0.3, -0.25) is 4.79 Å². The van der Waals surface area contributed by atoms with Gasteiger partial charge < -0.3 is 9.47 Å². The first kappa shape index (κ1) is 22.9. The molecule has 2 aliphatic carbocycles. The van der Waals surface area contributed by atoms with Crippen LogP contribution in [-0.2, 0) is 11.4 Å². The highest BCUT2D eigenvalue weighted by atomic mass is 35.5. The second-order valence-corrected chi connectivity index (χ2v) is 9.58. The van der Waals surface area contributed by atoms with E-state index in [0.29, 0.717) is 40.7 Å². The van der Waals surface area contributed by atoms with Crippen molar-refractivity contribution in [1.29, 1.82) is 0 Å². The van der Waals surface area contributed by atoms with Crippen LogP contribution in [0.15, 0.2) is 41.5 Å². The lowest BCUT2D eigenvalue weighted by molar-refractivity contribution is -0.123. The molecular weight excluding hydrogens is 447 g/mol. The zero-order valence-electron chi connectivity index (χ0n) is 18.4. The number of hydrazone groups is 1. The van der Waals surface area contributed by atoms with E-state index in [1.165, 1.54) is 12.8 Å². The van der Waals surface area contributed by atoms with Crippen molar-refractivity contribution in [3.05, 3.63) is 57.6 Å². The molecule has 7 heteroatoms. The molecule has 3 unspecified atom stereocenters. The van der Waals surface area contributed by atoms with Gasteiger partial charge in [-0.15, -0.1) is 0 Å². The van der Waals surface area contributed by atoms with Crippen LogP contribution in [0.3, 0.4) is 0 Å². The lowest BCUT2D eigenvalue weighted by Gasteiger charge is -2.15. The third-order valence-electron chi connectivity index (χ3n) is 6.67. The highest BCUT2D eigenvalue weighted by molar-refractivity contribution is 6.35. The summed E-state index contributed by atoms with van der Waals surface area (Å²) in [5.74, 6) is 1.85. The smallest absolute Gasteiger partial charge is 0.244 e. The Kier molecular flexibility index (Phi) is 6.96. The second-order valence-electron chi connectivity index (χ2n) is 8.73. The van der Waals surface area contributed by atoms with Crippen LogP contribution in [0.5, 0.6) is 11.5 Å². The summed E-state index contributed by atoms with van der Waals surface area (Å²) in [7, 11) is 0. The van der Waals surface area contributed by atoms with E-state index in [9.17, 15) is 4.79 Å². The summed E-state index contributed by atoms with van der Waals surface area (Å²) in [5, 5.41) is 5.32. The Bertz CT molecular complexity index is 1030. The number of hydrogen-bond acceptors (Lipinski definition) is 4. The number of fused-ring (bicyclic) bond motifs is 1. The van der Waals surface area contributed by atoms with Gasteiger partial charge in [-0.25, -0.2) is 5.43 Å². The summed E-state index contributed by atoms with van der Waals surface area (Å²) in [5.41, 5.74) is 4.55. The van der Waals surface area contributed by atoms with Crippen LogP contribution in [0, 0.1) is 17.3 Å². The van der Waals surface area contributed by atoms with Crippen molar-refractivity contribution in [2.45, 2.75) is 46.1 Å². The first-order chi connectivity index (χ1) is 15.4. The number of benzene rings is 2. The zero-order valence-corrected chi connectivity index (χ0v) is 19.9. The molecule has 2 aliphatic rings. The van der Waals surface area contributed by atoms with Crippen LogP contribution in [0.4, 0.5) is 0 Å². The number of carbonyl (C=O) groups is 1. The Morgan fingerprint density at radius 1 is 1.19 bits per heavy atom. The van der Waals surface area contributed by atoms with E-state index in [0.717, 1.165) is 24.0 Å². The third kappa shape index (κ3) is 4.89. The Morgan fingerprint density at radius 3 is 2.75 bits per heavy atom. The minimum Gasteiger partial charge on any atom is -0.490 e. The van der Waals surface area contributed by atoms with Gasteiger partial charge in [0.05, 0.1) is 12.8 Å². The molecule has 0 aromatic heterocycles. The molecular formula is C25H28Cl2N2O3. The molecule has 0 heterocycles. The van der Waals surface area contributed by atoms with Gasteiger partial charge in [-0.2, -0.15) is 5.10 Å². The van der Waals surface area contributed by atoms with Gasteiger partial charge in [0, 0.05) is 21.5 Å². The van der Waals surface area contributed by atoms with Crippen LogP contribution >= 0.6 is 23.2 Å². The lowest BCUT2D eigenvalue weighted by atomic mass is 9.90. The molecule has 1 amide bonds. The van der Waals surface area contributed by atoms with Crippen molar-refractivity contribution < 1.29 is 14.3 Å². The van der Waals surface area contributed by atoms with E-state index in [1.807, 2.05) is 31.2 Å². The predicted octanol–water partition coefficient (Wildman–Crippen LogP) is 6.25. The maximum Gasteiger partial charge on any atom is 0.244 e. The fourth-order valence-corrected chi connectivity index (χ4v) is 5.34. The lowest BCUT2D eigenvalue weighted by Crippen LogP contribution is -2.22. The summed E-state index contributed by atoms with van der Waals surface area (Å²) in [6.07, 6.45) is 6.37. The normalized spacial score (nSPS) is 24.1. The first-order valence-electron chi connectivity index (χ1n) is 11.1. The fraction of sp³-hybridized carbons (Fsp3) is 0.440. The van der Waals surface area contributed by atoms with Gasteiger partial charge in [0.1, 0.15) is 6.61 Å². The third-order valence-corrected chi connectivity index (χ3v) is 7.26. The van der Waals surface area contributed by atoms with Gasteiger partial charge in [-0.05, 0) is 67.0 Å². The quantitative estimate of drug-likeness (QED) is 0.363. The van der Waals surface area contributed by atoms with Crippen molar-refractivity contribution in [2.24, 2.45) is 22.4 Å². The zero-order chi connectivity index (χ0) is 22.7. The predicted molar refractivity (Wildman–Crippen MR) is 128 cm³/mol. The second kappa shape index (κ2) is 9.72. The van der Waals surface area contributed by atoms with Crippen LogP contribution in [0.1, 0.15) is 50.7 Å². The molecule has 0 bridgehead atoms. The molecule has 0 saturated heterocycles. The van der Waals surface area contributed by atoms with E-state index >= 15 is 0 Å². The van der Waals surface area contributed by atoms with Crippen LogP contribution in [0.2, 0.25) is 10.0 Å². The van der Waals surface area contributed by atoms with Crippen molar-refractivity contribution in [1.82, 2.24) is 5.43 Å². The van der Waals surface area contributed by atoms with Crippen molar-refractivity contribution in [3.8, 4) is 11.5 Å². The summed E-state index contributed by atoms with van der Waals surface area (Å²) in [4.78, 5) is 12.6. The minimum atomic E-state index is 0.0282. The Labute approximate surface area is 199 Å². The van der Waals surface area contributed by atoms with Gasteiger partial charge in [-0.1, -0.05) is 49.0 Å². The molecule has 0 radical (unpaired) electrons. The number of carbonyl (C=O) groups excluding carboxylic acids is 1. The minimum absolute atomic E-state index is 0.0282. The molecule has 5 nitrogen and oxygen atoms in total. The fourth-order valence-electron chi connectivity index (χ4n) is 4.88. The molecule has 32 heavy (non-hydrogen) atoms. The van der Waals surface area contributed by atoms with E-state index < -0.39 is 0 Å². The van der Waals surface area contributed by atoms with E-state index in [4.69, 9.17) is 32.7 Å². The first-order valence-corrected chi connectivity index (χ1v) is 11.8. The van der Waals surface area contributed by atoms with Crippen molar-refractivity contribution in [3.63, 3.8) is 0 Å². The monoisotopic (exact) mass is 474 g/mol. The summed E-state index contributed by atoms with van der Waals surface area (Å²) in [6, 6.07) is 10.8. The molecule has 2 fully saturated rings. The highest BCUT2D eigenvalue weighted by Gasteiger charge is 2.64. The van der Waals surface area contributed by atoms with E-state index in [-0.39, 0.29) is 17.2 Å². The number of nitrogens with zero attached hydrogens (tertiary/aromatic N) is 1. The van der Waals surface area contributed by atoms with Crippen LogP contribution < -0.4 is 14.9 Å². The molecule has 2 aromatic rings. The molecule has 0 aliphatic heterocycles. The van der Waals surface area contributed by atoms with Gasteiger partial charge in [0.25, 0.3) is 0 Å². The van der Waals surface area contributed by atoms with Crippen LogP contribution in [-0.4, -0.2) is 18.7 Å².